The Kier molecular flexibility index (Phi) is 5.71. The van der Waals surface area contributed by atoms with Crippen LogP contribution in [0.15, 0.2) is 76.9 Å². The van der Waals surface area contributed by atoms with E-state index in [1.165, 1.54) is 27.8 Å². The van der Waals surface area contributed by atoms with Gasteiger partial charge >= 0.3 is 0 Å². The van der Waals surface area contributed by atoms with Gasteiger partial charge in [-0.1, -0.05) is 48.0 Å². The second-order valence-electron chi connectivity index (χ2n) is 9.03. The predicted octanol–water partition coefficient (Wildman–Crippen LogP) is 5.94. The summed E-state index contributed by atoms with van der Waals surface area (Å²) in [5.41, 5.74) is 7.65. The first kappa shape index (κ1) is 20.8. The molecule has 164 valence electrons. The highest BCUT2D eigenvalue weighted by Crippen LogP contribution is 2.40. The van der Waals surface area contributed by atoms with Crippen molar-refractivity contribution < 1.29 is 9.21 Å². The van der Waals surface area contributed by atoms with Crippen LogP contribution in [0.3, 0.4) is 0 Å². The molecule has 5 rings (SSSR count). The minimum Gasteiger partial charge on any atom is -0.459 e. The number of piperidine rings is 1. The van der Waals surface area contributed by atoms with Gasteiger partial charge in [-0.2, -0.15) is 0 Å². The van der Waals surface area contributed by atoms with E-state index in [9.17, 15) is 4.79 Å². The molecule has 4 nitrogen and oxygen atoms in total. The number of amides is 1. The van der Waals surface area contributed by atoms with Gasteiger partial charge in [0.05, 0.1) is 6.26 Å². The van der Waals surface area contributed by atoms with E-state index in [-0.39, 0.29) is 11.9 Å². The molecule has 1 amide bonds. The van der Waals surface area contributed by atoms with Crippen LogP contribution in [0.2, 0.25) is 0 Å². The molecule has 0 spiro atoms. The Balaban J connectivity index is 1.41. The molecule has 0 bridgehead atoms. The van der Waals surface area contributed by atoms with Gasteiger partial charge in [-0.15, -0.1) is 0 Å². The molecule has 2 aliphatic rings. The van der Waals surface area contributed by atoms with Crippen molar-refractivity contribution in [2.45, 2.75) is 45.7 Å². The van der Waals surface area contributed by atoms with E-state index in [4.69, 9.17) is 4.42 Å². The number of rotatable bonds is 5. The van der Waals surface area contributed by atoms with Gasteiger partial charge in [-0.3, -0.25) is 9.69 Å². The molecule has 2 heterocycles. The highest BCUT2D eigenvalue weighted by atomic mass is 16.3. The molecule has 4 heteroatoms. The third-order valence-corrected chi connectivity index (χ3v) is 7.02. The SMILES string of the molecule is CC1=C(C)c2cccc(N(C(=O)c3ccco3)C3CCN(Cc4ccccc4)CC3)c2C1. The molecule has 1 aromatic heterocycles. The van der Waals surface area contributed by atoms with Crippen LogP contribution in [-0.4, -0.2) is 29.9 Å². The lowest BCUT2D eigenvalue weighted by atomic mass is 9.98. The van der Waals surface area contributed by atoms with Gasteiger partial charge < -0.3 is 9.32 Å². The van der Waals surface area contributed by atoms with Gasteiger partial charge in [-0.25, -0.2) is 0 Å². The maximum atomic E-state index is 13.6. The maximum absolute atomic E-state index is 13.6. The van der Waals surface area contributed by atoms with Gasteiger partial charge in [-0.05, 0) is 73.6 Å². The topological polar surface area (TPSA) is 36.7 Å². The number of likely N-dealkylation sites (tertiary alicyclic amines) is 1. The molecule has 0 unspecified atom stereocenters. The molecule has 0 atom stereocenters. The largest absolute Gasteiger partial charge is 0.459 e. The van der Waals surface area contributed by atoms with Crippen LogP contribution in [0.4, 0.5) is 5.69 Å². The summed E-state index contributed by atoms with van der Waals surface area (Å²) in [6.45, 7) is 7.30. The molecular formula is C28H30N2O2. The Bertz CT molecular complexity index is 1120. The van der Waals surface area contributed by atoms with E-state index in [0.29, 0.717) is 5.76 Å². The third-order valence-electron chi connectivity index (χ3n) is 7.02. The lowest BCUT2D eigenvalue weighted by Crippen LogP contribution is -2.47. The van der Waals surface area contributed by atoms with Crippen molar-refractivity contribution in [3.8, 4) is 0 Å². The van der Waals surface area contributed by atoms with Crippen molar-refractivity contribution in [2.75, 3.05) is 18.0 Å². The second kappa shape index (κ2) is 8.79. The van der Waals surface area contributed by atoms with Gasteiger partial charge in [0.2, 0.25) is 0 Å². The summed E-state index contributed by atoms with van der Waals surface area (Å²) in [7, 11) is 0. The van der Waals surface area contributed by atoms with E-state index in [1.54, 1.807) is 18.4 Å². The smallest absolute Gasteiger partial charge is 0.294 e. The fourth-order valence-electron chi connectivity index (χ4n) is 5.13. The molecule has 32 heavy (non-hydrogen) atoms. The zero-order chi connectivity index (χ0) is 22.1. The van der Waals surface area contributed by atoms with Crippen LogP contribution < -0.4 is 4.90 Å². The first-order valence-corrected chi connectivity index (χ1v) is 11.5. The number of furan rings is 1. The van der Waals surface area contributed by atoms with Gasteiger partial charge in [0.15, 0.2) is 5.76 Å². The molecule has 1 aliphatic heterocycles. The summed E-state index contributed by atoms with van der Waals surface area (Å²) in [4.78, 5) is 18.2. The quantitative estimate of drug-likeness (QED) is 0.507. The van der Waals surface area contributed by atoms with E-state index < -0.39 is 0 Å². The summed E-state index contributed by atoms with van der Waals surface area (Å²) >= 11 is 0. The normalized spacial score (nSPS) is 16.9. The molecular weight excluding hydrogens is 396 g/mol. The molecule has 1 fully saturated rings. The standard InChI is InChI=1S/C28H30N2O2/c1-20-18-25-24(21(20)2)10-6-11-26(25)30(28(31)27-12-7-17-32-27)23-13-15-29(16-14-23)19-22-8-4-3-5-9-22/h3-12,17,23H,13-16,18-19H2,1-2H3. The van der Waals surface area contributed by atoms with Crippen molar-refractivity contribution >= 4 is 17.2 Å². The molecule has 1 saturated heterocycles. The Hall–Kier alpha value is -3.11. The Labute approximate surface area is 190 Å². The Morgan fingerprint density at radius 2 is 1.78 bits per heavy atom. The number of anilines is 1. The fraction of sp³-hybridized carbons (Fsp3) is 0.321. The zero-order valence-corrected chi connectivity index (χ0v) is 18.9. The number of benzene rings is 2. The lowest BCUT2D eigenvalue weighted by Gasteiger charge is -2.39. The summed E-state index contributed by atoms with van der Waals surface area (Å²) in [5, 5.41) is 0. The van der Waals surface area contributed by atoms with Crippen molar-refractivity contribution in [1.82, 2.24) is 4.90 Å². The van der Waals surface area contributed by atoms with E-state index in [2.05, 4.69) is 67.3 Å². The number of carbonyl (C=O) groups excluding carboxylic acids is 1. The number of carbonyl (C=O) groups is 1. The van der Waals surface area contributed by atoms with Crippen LogP contribution in [0.1, 0.15) is 53.9 Å². The monoisotopic (exact) mass is 426 g/mol. The first-order chi connectivity index (χ1) is 15.6. The minimum atomic E-state index is -0.0351. The maximum Gasteiger partial charge on any atom is 0.294 e. The van der Waals surface area contributed by atoms with Crippen molar-refractivity contribution in [3.05, 3.63) is 95.0 Å². The van der Waals surface area contributed by atoms with E-state index in [0.717, 1.165) is 44.6 Å². The fourth-order valence-corrected chi connectivity index (χ4v) is 5.13. The number of hydrogen-bond acceptors (Lipinski definition) is 3. The molecule has 0 radical (unpaired) electrons. The van der Waals surface area contributed by atoms with Crippen LogP contribution in [0, 0.1) is 0 Å². The summed E-state index contributed by atoms with van der Waals surface area (Å²) in [6, 6.07) is 20.7. The van der Waals surface area contributed by atoms with Crippen LogP contribution in [-0.2, 0) is 13.0 Å². The van der Waals surface area contributed by atoms with Crippen molar-refractivity contribution in [1.29, 1.82) is 0 Å². The van der Waals surface area contributed by atoms with Crippen LogP contribution >= 0.6 is 0 Å². The lowest BCUT2D eigenvalue weighted by molar-refractivity contribution is 0.0931. The van der Waals surface area contributed by atoms with Gasteiger partial charge in [0, 0.05) is 31.4 Å². The van der Waals surface area contributed by atoms with Gasteiger partial charge in [0.1, 0.15) is 0 Å². The zero-order valence-electron chi connectivity index (χ0n) is 18.9. The summed E-state index contributed by atoms with van der Waals surface area (Å²) < 4.78 is 5.54. The van der Waals surface area contributed by atoms with Gasteiger partial charge in [0.25, 0.3) is 5.91 Å². The molecule has 3 aromatic rings. The van der Waals surface area contributed by atoms with Crippen molar-refractivity contribution in [3.63, 3.8) is 0 Å². The third kappa shape index (κ3) is 3.91. The van der Waals surface area contributed by atoms with Crippen LogP contribution in [0.5, 0.6) is 0 Å². The number of nitrogens with zero attached hydrogens (tertiary/aromatic N) is 2. The molecule has 2 aromatic carbocycles. The number of fused-ring (bicyclic) bond motifs is 1. The second-order valence-corrected chi connectivity index (χ2v) is 9.03. The summed E-state index contributed by atoms with van der Waals surface area (Å²) in [5.74, 6) is 0.376. The predicted molar refractivity (Wildman–Crippen MR) is 129 cm³/mol. The number of allylic oxidation sites excluding steroid dienone is 2. The minimum absolute atomic E-state index is 0.0351. The Morgan fingerprint density at radius 3 is 2.50 bits per heavy atom. The molecule has 0 saturated carbocycles. The summed E-state index contributed by atoms with van der Waals surface area (Å²) in [6.07, 6.45) is 4.40. The van der Waals surface area contributed by atoms with Crippen molar-refractivity contribution in [2.24, 2.45) is 0 Å². The molecule has 0 N–H and O–H groups in total. The van der Waals surface area contributed by atoms with Crippen LogP contribution in [0.25, 0.3) is 5.57 Å². The Morgan fingerprint density at radius 1 is 1.00 bits per heavy atom. The highest BCUT2D eigenvalue weighted by Gasteiger charge is 2.33. The molecule has 1 aliphatic carbocycles. The van der Waals surface area contributed by atoms with E-state index >= 15 is 0 Å². The first-order valence-electron chi connectivity index (χ1n) is 11.5. The number of hydrogen-bond donors (Lipinski definition) is 0. The average molecular weight is 427 g/mol. The highest BCUT2D eigenvalue weighted by molar-refractivity contribution is 6.05. The van der Waals surface area contributed by atoms with E-state index in [1.807, 2.05) is 4.90 Å². The average Bonchev–Trinajstić information content (AvgIpc) is 3.45.